The number of esters is 1. The Morgan fingerprint density at radius 2 is 1.86 bits per heavy atom. The first kappa shape index (κ1) is 20.8. The van der Waals surface area contributed by atoms with Crippen LogP contribution in [0.4, 0.5) is 5.69 Å². The number of nitrogens with zero attached hydrogens (tertiary/aromatic N) is 2. The first-order chi connectivity index (χ1) is 13.5. The largest absolute Gasteiger partial charge is 0.453 e. The molecule has 0 aliphatic carbocycles. The number of hydrogen-bond acceptors (Lipinski definition) is 6. The minimum atomic E-state index is -3.41. The molecular weight excluding hydrogens is 396 g/mol. The predicted octanol–water partition coefficient (Wildman–Crippen LogP) is 1.98. The molecule has 1 aromatic carbocycles. The Labute approximate surface area is 169 Å². The Kier molecular flexibility index (Phi) is 5.36. The van der Waals surface area contributed by atoms with Gasteiger partial charge in [0.1, 0.15) is 5.69 Å². The van der Waals surface area contributed by atoms with E-state index in [-0.39, 0.29) is 17.5 Å². The molecule has 0 fully saturated rings. The van der Waals surface area contributed by atoms with Crippen LogP contribution in [-0.2, 0) is 28.2 Å². The summed E-state index contributed by atoms with van der Waals surface area (Å²) in [4.78, 5) is 36.1. The maximum Gasteiger partial charge on any atom is 0.355 e. The second kappa shape index (κ2) is 7.47. The van der Waals surface area contributed by atoms with Gasteiger partial charge in [-0.25, -0.2) is 13.2 Å². The number of benzene rings is 1. The molecule has 0 amide bonds. The molecule has 0 saturated carbocycles. The van der Waals surface area contributed by atoms with Crippen molar-refractivity contribution in [2.45, 2.75) is 26.3 Å². The minimum Gasteiger partial charge on any atom is -0.453 e. The Morgan fingerprint density at radius 1 is 1.17 bits per heavy atom. The third-order valence-electron chi connectivity index (χ3n) is 4.87. The van der Waals surface area contributed by atoms with Crippen molar-refractivity contribution in [3.05, 3.63) is 52.8 Å². The van der Waals surface area contributed by atoms with Crippen molar-refractivity contribution in [3.8, 4) is 0 Å². The number of ether oxygens (including phenoxy) is 1. The Balaban J connectivity index is 1.72. The summed E-state index contributed by atoms with van der Waals surface area (Å²) in [7, 11) is -1.79. The van der Waals surface area contributed by atoms with Gasteiger partial charge in [0.05, 0.1) is 11.9 Å². The fraction of sp³-hybridized carbons (Fsp3) is 0.350. The number of hydrogen-bond donors (Lipinski definition) is 0. The van der Waals surface area contributed by atoms with Crippen molar-refractivity contribution >= 4 is 33.2 Å². The molecule has 29 heavy (non-hydrogen) atoms. The molecule has 1 aliphatic heterocycles. The highest BCUT2D eigenvalue weighted by Gasteiger charge is 2.32. The molecular formula is C20H22N2O6S. The smallest absolute Gasteiger partial charge is 0.355 e. The number of rotatable bonds is 6. The van der Waals surface area contributed by atoms with Crippen LogP contribution in [0.25, 0.3) is 0 Å². The van der Waals surface area contributed by atoms with Gasteiger partial charge in [-0.15, -0.1) is 0 Å². The molecule has 2 heterocycles. The third kappa shape index (κ3) is 4.09. The lowest BCUT2D eigenvalue weighted by Gasteiger charge is -2.21. The Hall–Kier alpha value is -2.94. The van der Waals surface area contributed by atoms with Crippen molar-refractivity contribution in [1.29, 1.82) is 0 Å². The van der Waals surface area contributed by atoms with Gasteiger partial charge < -0.3 is 9.30 Å². The van der Waals surface area contributed by atoms with Gasteiger partial charge in [-0.3, -0.25) is 13.9 Å². The van der Waals surface area contributed by atoms with E-state index in [1.165, 1.54) is 34.1 Å². The summed E-state index contributed by atoms with van der Waals surface area (Å²) in [5.41, 5.74) is 2.22. The zero-order valence-electron chi connectivity index (χ0n) is 16.6. The molecule has 0 unspecified atom stereocenters. The van der Waals surface area contributed by atoms with Gasteiger partial charge in [0.25, 0.3) is 0 Å². The molecule has 9 heteroatoms. The van der Waals surface area contributed by atoms with Crippen LogP contribution in [0.2, 0.25) is 0 Å². The van der Waals surface area contributed by atoms with Gasteiger partial charge >= 0.3 is 5.97 Å². The number of Topliss-reactive ketones (excluding diaryl/α,β-unsaturated/α-hetero) is 2. The van der Waals surface area contributed by atoms with Crippen molar-refractivity contribution in [2.75, 3.05) is 17.2 Å². The minimum absolute atomic E-state index is 0.175. The van der Waals surface area contributed by atoms with Crippen LogP contribution in [0.3, 0.4) is 0 Å². The van der Waals surface area contributed by atoms with E-state index in [9.17, 15) is 22.8 Å². The molecule has 0 spiro atoms. The van der Waals surface area contributed by atoms with E-state index in [1.807, 2.05) is 0 Å². The van der Waals surface area contributed by atoms with Crippen LogP contribution in [0, 0.1) is 0 Å². The van der Waals surface area contributed by atoms with Crippen LogP contribution >= 0.6 is 0 Å². The molecule has 0 N–H and O–H groups in total. The van der Waals surface area contributed by atoms with Gasteiger partial charge in [0.15, 0.2) is 18.2 Å². The number of ketones is 2. The van der Waals surface area contributed by atoms with Gasteiger partial charge in [-0.05, 0) is 50.1 Å². The van der Waals surface area contributed by atoms with Crippen molar-refractivity contribution in [2.24, 2.45) is 7.05 Å². The van der Waals surface area contributed by atoms with Crippen LogP contribution in [0.5, 0.6) is 0 Å². The average Bonchev–Trinajstić information content (AvgIpc) is 3.17. The molecule has 1 aromatic heterocycles. The van der Waals surface area contributed by atoms with E-state index in [2.05, 4.69) is 0 Å². The standard InChI is InChI=1S/C20H22N2O6S/c1-12-7-15-8-14(5-6-17(15)22(12)29(4,26)27)19(24)11-28-20(25)18-9-16(13(2)23)10-21(18)3/h5-6,8-10,12H,7,11H2,1-4H3/t12-/m1/s1. The van der Waals surface area contributed by atoms with Crippen molar-refractivity contribution in [1.82, 2.24) is 4.57 Å². The molecule has 154 valence electrons. The maximum atomic E-state index is 12.5. The fourth-order valence-corrected chi connectivity index (χ4v) is 4.79. The Bertz CT molecular complexity index is 1120. The van der Waals surface area contributed by atoms with Gasteiger partial charge in [-0.2, -0.15) is 0 Å². The SMILES string of the molecule is CC(=O)c1cc(C(=O)OCC(=O)c2ccc3c(c2)C[C@@H](C)N3S(C)(=O)=O)n(C)c1. The lowest BCUT2D eigenvalue weighted by molar-refractivity contribution is 0.0465. The van der Waals surface area contributed by atoms with Crippen molar-refractivity contribution in [3.63, 3.8) is 0 Å². The highest BCUT2D eigenvalue weighted by atomic mass is 32.2. The van der Waals surface area contributed by atoms with Crippen LogP contribution in [0.1, 0.15) is 50.6 Å². The number of aromatic nitrogens is 1. The molecule has 0 radical (unpaired) electrons. The first-order valence-electron chi connectivity index (χ1n) is 8.99. The van der Waals surface area contributed by atoms with Crippen molar-refractivity contribution < 1.29 is 27.5 Å². The highest BCUT2D eigenvalue weighted by molar-refractivity contribution is 7.92. The zero-order valence-corrected chi connectivity index (χ0v) is 17.4. The number of aryl methyl sites for hydroxylation is 1. The summed E-state index contributed by atoms with van der Waals surface area (Å²) in [6.07, 6.45) is 3.18. The number of fused-ring (bicyclic) bond motifs is 1. The second-order valence-electron chi connectivity index (χ2n) is 7.24. The number of carbonyl (C=O) groups excluding carboxylic acids is 3. The monoisotopic (exact) mass is 418 g/mol. The summed E-state index contributed by atoms with van der Waals surface area (Å²) in [6.45, 7) is 2.75. The molecule has 8 nitrogen and oxygen atoms in total. The average molecular weight is 418 g/mol. The maximum absolute atomic E-state index is 12.5. The first-order valence-corrected chi connectivity index (χ1v) is 10.8. The summed E-state index contributed by atoms with van der Waals surface area (Å²) in [5, 5.41) is 0. The molecule has 1 atom stereocenters. The summed E-state index contributed by atoms with van der Waals surface area (Å²) in [5.74, 6) is -1.27. The lowest BCUT2D eigenvalue weighted by atomic mass is 10.0. The van der Waals surface area contributed by atoms with E-state index in [1.54, 1.807) is 26.1 Å². The summed E-state index contributed by atoms with van der Waals surface area (Å²) in [6, 6.07) is 5.97. The molecule has 0 bridgehead atoms. The molecule has 3 rings (SSSR count). The van der Waals surface area contributed by atoms with E-state index in [0.717, 1.165) is 11.8 Å². The predicted molar refractivity (Wildman–Crippen MR) is 107 cm³/mol. The van der Waals surface area contributed by atoms with Gasteiger partial charge in [0.2, 0.25) is 10.0 Å². The van der Waals surface area contributed by atoms with E-state index in [0.29, 0.717) is 23.2 Å². The summed E-state index contributed by atoms with van der Waals surface area (Å²) < 4.78 is 31.9. The normalized spacial score (nSPS) is 15.9. The number of carbonyl (C=O) groups is 3. The summed E-state index contributed by atoms with van der Waals surface area (Å²) >= 11 is 0. The quantitative estimate of drug-likeness (QED) is 0.525. The van der Waals surface area contributed by atoms with Crippen LogP contribution in [0.15, 0.2) is 30.5 Å². The van der Waals surface area contributed by atoms with Crippen LogP contribution in [-0.4, -0.2) is 49.4 Å². The van der Waals surface area contributed by atoms with E-state index in [4.69, 9.17) is 4.74 Å². The van der Waals surface area contributed by atoms with Crippen LogP contribution < -0.4 is 4.31 Å². The molecule has 2 aromatic rings. The molecule has 0 saturated heterocycles. The van der Waals surface area contributed by atoms with Gasteiger partial charge in [-0.1, -0.05) is 0 Å². The third-order valence-corrected chi connectivity index (χ3v) is 6.14. The Morgan fingerprint density at radius 3 is 2.45 bits per heavy atom. The van der Waals surface area contributed by atoms with E-state index < -0.39 is 28.4 Å². The topological polar surface area (TPSA) is 103 Å². The fourth-order valence-electron chi connectivity index (χ4n) is 3.53. The lowest BCUT2D eigenvalue weighted by Crippen LogP contribution is -2.34. The second-order valence-corrected chi connectivity index (χ2v) is 9.10. The van der Waals surface area contributed by atoms with E-state index >= 15 is 0 Å². The number of anilines is 1. The van der Waals surface area contributed by atoms with Gasteiger partial charge in [0, 0.05) is 30.4 Å². The number of sulfonamides is 1. The zero-order chi connectivity index (χ0) is 21.5. The molecule has 1 aliphatic rings. The highest BCUT2D eigenvalue weighted by Crippen LogP contribution is 2.34.